The molecule has 0 saturated heterocycles. The minimum atomic E-state index is -0.496. The van der Waals surface area contributed by atoms with Crippen LogP contribution in [0.15, 0.2) is 42.5 Å². The molecule has 106 valence electrons. The molecule has 21 heavy (non-hydrogen) atoms. The number of phenols is 1. The van der Waals surface area contributed by atoms with E-state index in [-0.39, 0.29) is 18.0 Å². The van der Waals surface area contributed by atoms with Crippen LogP contribution < -0.4 is 5.32 Å². The summed E-state index contributed by atoms with van der Waals surface area (Å²) in [6, 6.07) is 11.5. The Hall–Kier alpha value is -3.09. The quantitative estimate of drug-likeness (QED) is 0.504. The number of phenolic OH excluding ortho intramolecular Hbond substituents is 1. The number of para-hydroxylation sites is 2. The van der Waals surface area contributed by atoms with Crippen LogP contribution in [0.5, 0.6) is 5.75 Å². The summed E-state index contributed by atoms with van der Waals surface area (Å²) < 4.78 is 0. The highest BCUT2D eigenvalue weighted by Gasteiger charge is 2.10. The van der Waals surface area contributed by atoms with Gasteiger partial charge >= 0.3 is 0 Å². The van der Waals surface area contributed by atoms with Crippen molar-refractivity contribution in [2.24, 2.45) is 0 Å². The molecule has 0 fully saturated rings. The molecule has 0 saturated carbocycles. The number of nitro benzene ring substituents is 1. The SMILES string of the molecule is O=[N+]([O-])c1ccc(O)c(CNc2nc3ccccc3[nH]2)c1. The van der Waals surface area contributed by atoms with E-state index in [0.29, 0.717) is 11.5 Å². The molecule has 0 aliphatic heterocycles. The van der Waals surface area contributed by atoms with Gasteiger partial charge in [0.25, 0.3) is 5.69 Å². The Labute approximate surface area is 119 Å². The Morgan fingerprint density at radius 2 is 2.10 bits per heavy atom. The molecule has 0 unspecified atom stereocenters. The molecule has 7 heteroatoms. The largest absolute Gasteiger partial charge is 0.508 e. The Balaban J connectivity index is 1.80. The van der Waals surface area contributed by atoms with Crippen molar-refractivity contribution >= 4 is 22.7 Å². The molecular formula is C14H12N4O3. The molecule has 0 bridgehead atoms. The molecule has 1 heterocycles. The van der Waals surface area contributed by atoms with Crippen LogP contribution in [-0.2, 0) is 6.54 Å². The Kier molecular flexibility index (Phi) is 3.15. The summed E-state index contributed by atoms with van der Waals surface area (Å²) in [5.74, 6) is 0.548. The highest BCUT2D eigenvalue weighted by Crippen LogP contribution is 2.24. The van der Waals surface area contributed by atoms with Crippen molar-refractivity contribution in [3.8, 4) is 5.75 Å². The monoisotopic (exact) mass is 284 g/mol. The lowest BCUT2D eigenvalue weighted by molar-refractivity contribution is -0.384. The highest BCUT2D eigenvalue weighted by atomic mass is 16.6. The zero-order valence-electron chi connectivity index (χ0n) is 10.9. The van der Waals surface area contributed by atoms with Gasteiger partial charge < -0.3 is 15.4 Å². The number of H-pyrrole nitrogens is 1. The van der Waals surface area contributed by atoms with Crippen LogP contribution >= 0.6 is 0 Å². The minimum Gasteiger partial charge on any atom is -0.508 e. The number of rotatable bonds is 4. The molecule has 3 aromatic rings. The Morgan fingerprint density at radius 3 is 2.86 bits per heavy atom. The average Bonchev–Trinajstić information content (AvgIpc) is 2.89. The number of non-ortho nitro benzene ring substituents is 1. The van der Waals surface area contributed by atoms with Crippen LogP contribution in [0.4, 0.5) is 11.6 Å². The fraction of sp³-hybridized carbons (Fsp3) is 0.0714. The summed E-state index contributed by atoms with van der Waals surface area (Å²) in [6.45, 7) is 0.229. The van der Waals surface area contributed by atoms with Crippen molar-refractivity contribution in [1.82, 2.24) is 9.97 Å². The molecule has 0 aliphatic carbocycles. The predicted octanol–water partition coefficient (Wildman–Crippen LogP) is 2.79. The molecule has 3 rings (SSSR count). The van der Waals surface area contributed by atoms with E-state index in [9.17, 15) is 15.2 Å². The summed E-state index contributed by atoms with van der Waals surface area (Å²) in [5.41, 5.74) is 2.09. The number of aromatic amines is 1. The van der Waals surface area contributed by atoms with Crippen LogP contribution in [0.2, 0.25) is 0 Å². The topological polar surface area (TPSA) is 104 Å². The molecule has 0 amide bonds. The molecule has 7 nitrogen and oxygen atoms in total. The summed E-state index contributed by atoms with van der Waals surface area (Å²) >= 11 is 0. The number of nitrogens with zero attached hydrogens (tertiary/aromatic N) is 2. The van der Waals surface area contributed by atoms with Crippen molar-refractivity contribution in [1.29, 1.82) is 0 Å². The predicted molar refractivity (Wildman–Crippen MR) is 78.2 cm³/mol. The van der Waals surface area contributed by atoms with E-state index in [4.69, 9.17) is 0 Å². The van der Waals surface area contributed by atoms with E-state index in [0.717, 1.165) is 11.0 Å². The van der Waals surface area contributed by atoms with Crippen molar-refractivity contribution in [3.63, 3.8) is 0 Å². The molecular weight excluding hydrogens is 272 g/mol. The number of fused-ring (bicyclic) bond motifs is 1. The molecule has 2 aromatic carbocycles. The van der Waals surface area contributed by atoms with Crippen LogP contribution in [0.3, 0.4) is 0 Å². The Morgan fingerprint density at radius 1 is 1.29 bits per heavy atom. The maximum Gasteiger partial charge on any atom is 0.270 e. The number of hydrogen-bond donors (Lipinski definition) is 3. The molecule has 0 atom stereocenters. The van der Waals surface area contributed by atoms with Crippen molar-refractivity contribution in [3.05, 3.63) is 58.1 Å². The lowest BCUT2D eigenvalue weighted by atomic mass is 10.2. The van der Waals surface area contributed by atoms with Crippen molar-refractivity contribution in [2.75, 3.05) is 5.32 Å². The lowest BCUT2D eigenvalue weighted by Gasteiger charge is -2.05. The number of aromatic hydroxyl groups is 1. The van der Waals surface area contributed by atoms with Crippen molar-refractivity contribution in [2.45, 2.75) is 6.54 Å². The van der Waals surface area contributed by atoms with Gasteiger partial charge in [-0.2, -0.15) is 0 Å². The standard InChI is InChI=1S/C14H12N4O3/c19-13-6-5-10(18(20)21)7-9(13)8-15-14-16-11-3-1-2-4-12(11)17-14/h1-7,19H,8H2,(H2,15,16,17). The molecule has 0 spiro atoms. The minimum absolute atomic E-state index is 0.00390. The molecule has 0 aliphatic rings. The Bertz CT molecular complexity index is 780. The average molecular weight is 284 g/mol. The first-order chi connectivity index (χ1) is 10.1. The van der Waals surface area contributed by atoms with E-state index in [1.807, 2.05) is 24.3 Å². The van der Waals surface area contributed by atoms with Crippen LogP contribution in [0.25, 0.3) is 11.0 Å². The first-order valence-corrected chi connectivity index (χ1v) is 6.28. The number of hydrogen-bond acceptors (Lipinski definition) is 5. The third-order valence-electron chi connectivity index (χ3n) is 3.11. The lowest BCUT2D eigenvalue weighted by Crippen LogP contribution is -2.02. The van der Waals surface area contributed by atoms with Gasteiger partial charge in [-0.1, -0.05) is 12.1 Å². The first kappa shape index (κ1) is 12.9. The van der Waals surface area contributed by atoms with Gasteiger partial charge in [0.1, 0.15) is 5.75 Å². The smallest absolute Gasteiger partial charge is 0.270 e. The third kappa shape index (κ3) is 2.62. The maximum absolute atomic E-state index is 10.7. The van der Waals surface area contributed by atoms with Crippen LogP contribution in [-0.4, -0.2) is 20.0 Å². The van der Waals surface area contributed by atoms with Gasteiger partial charge in [-0.3, -0.25) is 10.1 Å². The van der Waals surface area contributed by atoms with E-state index in [1.54, 1.807) is 0 Å². The number of aromatic nitrogens is 2. The van der Waals surface area contributed by atoms with E-state index in [1.165, 1.54) is 18.2 Å². The number of nitro groups is 1. The summed E-state index contributed by atoms with van der Waals surface area (Å²) in [6.07, 6.45) is 0. The first-order valence-electron chi connectivity index (χ1n) is 6.28. The van der Waals surface area contributed by atoms with Crippen molar-refractivity contribution < 1.29 is 10.0 Å². The van der Waals surface area contributed by atoms with E-state index in [2.05, 4.69) is 15.3 Å². The van der Waals surface area contributed by atoms with E-state index >= 15 is 0 Å². The zero-order valence-corrected chi connectivity index (χ0v) is 10.9. The summed E-state index contributed by atoms with van der Waals surface area (Å²) in [5, 5.41) is 23.5. The number of imidazole rings is 1. The van der Waals surface area contributed by atoms with Crippen LogP contribution in [0.1, 0.15) is 5.56 Å². The maximum atomic E-state index is 10.7. The second-order valence-corrected chi connectivity index (χ2v) is 4.53. The van der Waals surface area contributed by atoms with Gasteiger partial charge in [0.05, 0.1) is 16.0 Å². The van der Waals surface area contributed by atoms with E-state index < -0.39 is 4.92 Å². The van der Waals surface area contributed by atoms with Gasteiger partial charge in [-0.05, 0) is 18.2 Å². The molecule has 3 N–H and O–H groups in total. The summed E-state index contributed by atoms with van der Waals surface area (Å²) in [7, 11) is 0. The van der Waals surface area contributed by atoms with Gasteiger partial charge in [-0.15, -0.1) is 0 Å². The number of anilines is 1. The fourth-order valence-corrected chi connectivity index (χ4v) is 2.04. The van der Waals surface area contributed by atoms with Gasteiger partial charge in [-0.25, -0.2) is 4.98 Å². The van der Waals surface area contributed by atoms with Gasteiger partial charge in [0, 0.05) is 24.2 Å². The zero-order chi connectivity index (χ0) is 14.8. The number of benzene rings is 2. The highest BCUT2D eigenvalue weighted by molar-refractivity contribution is 5.77. The second-order valence-electron chi connectivity index (χ2n) is 4.53. The fourth-order valence-electron chi connectivity index (χ4n) is 2.04. The van der Waals surface area contributed by atoms with Crippen LogP contribution in [0, 0.1) is 10.1 Å². The van der Waals surface area contributed by atoms with Gasteiger partial charge in [0.15, 0.2) is 0 Å². The normalized spacial score (nSPS) is 10.7. The van der Waals surface area contributed by atoms with Gasteiger partial charge in [0.2, 0.25) is 5.95 Å². The molecule has 1 aromatic heterocycles. The summed E-state index contributed by atoms with van der Waals surface area (Å²) in [4.78, 5) is 17.7. The molecule has 0 radical (unpaired) electrons. The second kappa shape index (κ2) is 5.12. The third-order valence-corrected chi connectivity index (χ3v) is 3.11. The number of nitrogens with one attached hydrogen (secondary N) is 2.